The minimum atomic E-state index is -0.637. The van der Waals surface area contributed by atoms with Crippen molar-refractivity contribution < 1.29 is 14.4 Å². The van der Waals surface area contributed by atoms with Crippen molar-refractivity contribution in [1.29, 1.82) is 5.26 Å². The van der Waals surface area contributed by atoms with Crippen molar-refractivity contribution in [2.75, 3.05) is 5.32 Å². The van der Waals surface area contributed by atoms with Crippen LogP contribution < -0.4 is 10.6 Å². The van der Waals surface area contributed by atoms with Gasteiger partial charge in [0, 0.05) is 36.7 Å². The predicted molar refractivity (Wildman–Crippen MR) is 114 cm³/mol. The zero-order valence-electron chi connectivity index (χ0n) is 17.0. The molecule has 9 nitrogen and oxygen atoms in total. The Hall–Kier alpha value is -4.32. The van der Waals surface area contributed by atoms with E-state index in [0.717, 1.165) is 16.5 Å². The number of anilines is 1. The number of nitrogens with one attached hydrogen (secondary N) is 2. The minimum Gasteiger partial charge on any atom is -0.365 e. The lowest BCUT2D eigenvalue weighted by Gasteiger charge is -2.29. The SMILES string of the molecule is N#Cc1cc2cccnc2nc1NCc1ccc2c(c1)C(=O)N(C1CCC(=O)NC1=O)C2. The van der Waals surface area contributed by atoms with Crippen LogP contribution in [0.3, 0.4) is 0 Å². The van der Waals surface area contributed by atoms with Crippen LogP contribution in [0.15, 0.2) is 42.6 Å². The lowest BCUT2D eigenvalue weighted by atomic mass is 10.0. The first-order chi connectivity index (χ1) is 15.5. The Morgan fingerprint density at radius 1 is 1.22 bits per heavy atom. The molecule has 1 fully saturated rings. The normalized spacial score (nSPS) is 17.8. The van der Waals surface area contributed by atoms with Gasteiger partial charge in [0.05, 0.1) is 5.56 Å². The van der Waals surface area contributed by atoms with Gasteiger partial charge in [-0.05, 0) is 41.8 Å². The summed E-state index contributed by atoms with van der Waals surface area (Å²) >= 11 is 0. The van der Waals surface area contributed by atoms with E-state index in [0.29, 0.717) is 42.1 Å². The molecule has 2 aromatic heterocycles. The van der Waals surface area contributed by atoms with Gasteiger partial charge in [0.1, 0.15) is 17.9 Å². The Balaban J connectivity index is 1.34. The van der Waals surface area contributed by atoms with Crippen molar-refractivity contribution >= 4 is 34.6 Å². The molecule has 32 heavy (non-hydrogen) atoms. The molecule has 4 heterocycles. The molecular weight excluding hydrogens is 408 g/mol. The maximum atomic E-state index is 13.0. The number of rotatable bonds is 4. The highest BCUT2D eigenvalue weighted by Crippen LogP contribution is 2.28. The first kappa shape index (κ1) is 19.6. The number of piperidine rings is 1. The molecule has 3 aromatic rings. The van der Waals surface area contributed by atoms with E-state index in [-0.39, 0.29) is 18.2 Å². The van der Waals surface area contributed by atoms with Gasteiger partial charge in [-0.15, -0.1) is 0 Å². The summed E-state index contributed by atoms with van der Waals surface area (Å²) in [5, 5.41) is 15.7. The number of amides is 3. The molecule has 3 amide bonds. The van der Waals surface area contributed by atoms with E-state index in [9.17, 15) is 19.6 Å². The molecule has 2 N–H and O–H groups in total. The van der Waals surface area contributed by atoms with E-state index < -0.39 is 11.9 Å². The van der Waals surface area contributed by atoms with Crippen LogP contribution in [0.25, 0.3) is 11.0 Å². The molecule has 1 saturated heterocycles. The van der Waals surface area contributed by atoms with Crippen molar-refractivity contribution in [3.05, 3.63) is 64.8 Å². The number of fused-ring (bicyclic) bond motifs is 2. The van der Waals surface area contributed by atoms with Crippen LogP contribution in [-0.4, -0.2) is 38.6 Å². The number of carbonyl (C=O) groups excluding carboxylic acids is 3. The molecule has 0 radical (unpaired) electrons. The van der Waals surface area contributed by atoms with E-state index in [4.69, 9.17) is 0 Å². The second kappa shape index (κ2) is 7.74. The van der Waals surface area contributed by atoms with E-state index in [1.54, 1.807) is 24.4 Å². The standard InChI is InChI=1S/C23H18N6O3/c24-10-16-9-14-2-1-7-25-20(14)28-21(16)26-11-13-3-4-15-12-29(23(32)17(15)8-13)18-5-6-19(30)27-22(18)31/h1-4,7-9,18H,5-6,11-12H2,(H,25,26,28)(H,27,30,31). The third-order valence-electron chi connectivity index (χ3n) is 5.76. The van der Waals surface area contributed by atoms with Crippen LogP contribution in [0.5, 0.6) is 0 Å². The summed E-state index contributed by atoms with van der Waals surface area (Å²) in [4.78, 5) is 46.8. The number of carbonyl (C=O) groups is 3. The number of aromatic nitrogens is 2. The van der Waals surface area contributed by atoms with Crippen molar-refractivity contribution in [1.82, 2.24) is 20.2 Å². The smallest absolute Gasteiger partial charge is 0.255 e. The molecule has 2 aliphatic heterocycles. The highest BCUT2D eigenvalue weighted by atomic mass is 16.2. The highest BCUT2D eigenvalue weighted by Gasteiger charge is 2.39. The van der Waals surface area contributed by atoms with Crippen LogP contribution >= 0.6 is 0 Å². The average Bonchev–Trinajstić information content (AvgIpc) is 3.12. The van der Waals surface area contributed by atoms with Crippen LogP contribution in [0.2, 0.25) is 0 Å². The summed E-state index contributed by atoms with van der Waals surface area (Å²) in [5.74, 6) is -0.528. The molecule has 0 saturated carbocycles. The molecule has 0 spiro atoms. The van der Waals surface area contributed by atoms with E-state index in [1.807, 2.05) is 18.2 Å². The molecular formula is C23H18N6O3. The zero-order chi connectivity index (χ0) is 22.2. The first-order valence-electron chi connectivity index (χ1n) is 10.2. The molecule has 1 atom stereocenters. The topological polar surface area (TPSA) is 128 Å². The fraction of sp³-hybridized carbons (Fsp3) is 0.217. The molecule has 2 aliphatic rings. The van der Waals surface area contributed by atoms with Crippen LogP contribution in [-0.2, 0) is 22.7 Å². The third-order valence-corrected chi connectivity index (χ3v) is 5.76. The molecule has 5 rings (SSSR count). The Kier molecular flexibility index (Phi) is 4.75. The highest BCUT2D eigenvalue weighted by molar-refractivity contribution is 6.05. The number of hydrogen-bond donors (Lipinski definition) is 2. The Labute approximate surface area is 183 Å². The van der Waals surface area contributed by atoms with Gasteiger partial charge in [0.25, 0.3) is 5.91 Å². The number of nitrogens with zero attached hydrogens (tertiary/aromatic N) is 4. The zero-order valence-corrected chi connectivity index (χ0v) is 17.0. The Bertz CT molecular complexity index is 1330. The van der Waals surface area contributed by atoms with Gasteiger partial charge in [-0.3, -0.25) is 19.7 Å². The van der Waals surface area contributed by atoms with Gasteiger partial charge >= 0.3 is 0 Å². The number of pyridine rings is 2. The molecule has 1 aromatic carbocycles. The van der Waals surface area contributed by atoms with E-state index >= 15 is 0 Å². The predicted octanol–water partition coefficient (Wildman–Crippen LogP) is 1.87. The second-order valence-electron chi connectivity index (χ2n) is 7.79. The average molecular weight is 426 g/mol. The summed E-state index contributed by atoms with van der Waals surface area (Å²) in [5.41, 5.74) is 3.18. The minimum absolute atomic E-state index is 0.220. The number of nitriles is 1. The van der Waals surface area contributed by atoms with E-state index in [1.165, 1.54) is 4.90 Å². The van der Waals surface area contributed by atoms with Gasteiger partial charge < -0.3 is 10.2 Å². The molecule has 158 valence electrons. The van der Waals surface area contributed by atoms with Crippen molar-refractivity contribution in [3.8, 4) is 6.07 Å². The van der Waals surface area contributed by atoms with Crippen LogP contribution in [0, 0.1) is 11.3 Å². The summed E-state index contributed by atoms with van der Waals surface area (Å²) < 4.78 is 0. The van der Waals surface area contributed by atoms with Gasteiger partial charge in [0.15, 0.2) is 5.65 Å². The summed E-state index contributed by atoms with van der Waals surface area (Å²) in [6.45, 7) is 0.698. The number of benzene rings is 1. The first-order valence-corrected chi connectivity index (χ1v) is 10.2. The van der Waals surface area contributed by atoms with Crippen molar-refractivity contribution in [2.24, 2.45) is 0 Å². The Morgan fingerprint density at radius 3 is 2.91 bits per heavy atom. The lowest BCUT2D eigenvalue weighted by molar-refractivity contribution is -0.136. The molecule has 0 aliphatic carbocycles. The summed E-state index contributed by atoms with van der Waals surface area (Å²) in [6.07, 6.45) is 2.20. The van der Waals surface area contributed by atoms with Gasteiger partial charge in [0.2, 0.25) is 11.8 Å². The van der Waals surface area contributed by atoms with Crippen molar-refractivity contribution in [3.63, 3.8) is 0 Å². The van der Waals surface area contributed by atoms with Gasteiger partial charge in [-0.25, -0.2) is 9.97 Å². The molecule has 0 bridgehead atoms. The fourth-order valence-corrected chi connectivity index (χ4v) is 4.12. The molecule has 9 heteroatoms. The quantitative estimate of drug-likeness (QED) is 0.610. The Morgan fingerprint density at radius 2 is 2.09 bits per heavy atom. The summed E-state index contributed by atoms with van der Waals surface area (Å²) in [6, 6.07) is 12.5. The molecule has 1 unspecified atom stereocenters. The largest absolute Gasteiger partial charge is 0.365 e. The monoisotopic (exact) mass is 426 g/mol. The van der Waals surface area contributed by atoms with Crippen LogP contribution in [0.4, 0.5) is 5.82 Å². The van der Waals surface area contributed by atoms with Crippen LogP contribution in [0.1, 0.15) is 39.9 Å². The van der Waals surface area contributed by atoms with E-state index in [2.05, 4.69) is 26.7 Å². The third kappa shape index (κ3) is 3.41. The second-order valence-corrected chi connectivity index (χ2v) is 7.79. The van der Waals surface area contributed by atoms with Crippen molar-refractivity contribution in [2.45, 2.75) is 32.0 Å². The fourth-order valence-electron chi connectivity index (χ4n) is 4.12. The number of hydrogen-bond acceptors (Lipinski definition) is 7. The van der Waals surface area contributed by atoms with Gasteiger partial charge in [-0.2, -0.15) is 5.26 Å². The van der Waals surface area contributed by atoms with Gasteiger partial charge in [-0.1, -0.05) is 12.1 Å². The maximum absolute atomic E-state index is 13.0. The maximum Gasteiger partial charge on any atom is 0.255 e. The number of imide groups is 1. The lowest BCUT2D eigenvalue weighted by Crippen LogP contribution is -2.52. The summed E-state index contributed by atoms with van der Waals surface area (Å²) in [7, 11) is 0.